The number of carboxylic acid groups (broad SMARTS) is 3. The van der Waals surface area contributed by atoms with Crippen molar-refractivity contribution in [3.8, 4) is 0 Å². The number of carboxylic acids is 3. The molecule has 1 rings (SSSR count). The number of unbranched alkanes of at least 4 members (excludes halogenated alkanes) is 2. The van der Waals surface area contributed by atoms with Crippen molar-refractivity contribution in [1.82, 2.24) is 29.2 Å². The largest absolute Gasteiger partial charge is 0.480 e. The number of rotatable bonds is 25. The van der Waals surface area contributed by atoms with Gasteiger partial charge < -0.3 is 25.7 Å². The molecule has 1 atom stereocenters. The van der Waals surface area contributed by atoms with E-state index in [1.165, 1.54) is 14.7 Å². The standard InChI is InChI=1S/C33H47F17N6O10S/c1-2-56(67(65,66)33(49,50)31(44,45)29(40,41)27(36,37)26(34,35)28(38,39)30(42,43)32(46,47)48)7-5-3-4-6-22(58)51-16-21(57)17-52-8-10-53(18-23(59)60)12-14-55(20-25(63)64)15-13-54(11-9-52)19-24(61)62/h21,57H,2-20H2,1H3,(H,51,58)(H,59,60)(H,61,62)(H,63,64). The summed E-state index contributed by atoms with van der Waals surface area (Å²) < 4.78 is 257. The van der Waals surface area contributed by atoms with Crippen molar-refractivity contribution in [1.29, 1.82) is 0 Å². The van der Waals surface area contributed by atoms with Gasteiger partial charge in [-0.05, 0) is 12.8 Å². The highest BCUT2D eigenvalue weighted by atomic mass is 32.2. The molecule has 1 saturated heterocycles. The molecule has 0 aromatic rings. The third kappa shape index (κ3) is 14.5. The summed E-state index contributed by atoms with van der Waals surface area (Å²) in [5, 5.41) is 33.2. The number of aliphatic hydroxyl groups excluding tert-OH is 1. The Morgan fingerprint density at radius 1 is 0.552 bits per heavy atom. The van der Waals surface area contributed by atoms with Crippen LogP contribution in [0.2, 0.25) is 0 Å². The lowest BCUT2D eigenvalue weighted by molar-refractivity contribution is -0.458. The van der Waals surface area contributed by atoms with Gasteiger partial charge in [-0.3, -0.25) is 38.8 Å². The number of carbonyl (C=O) groups is 4. The molecule has 1 aliphatic rings. The summed E-state index contributed by atoms with van der Waals surface area (Å²) in [6.45, 7) is -3.52. The Labute approximate surface area is 369 Å². The van der Waals surface area contributed by atoms with E-state index in [4.69, 9.17) is 0 Å². The summed E-state index contributed by atoms with van der Waals surface area (Å²) in [7, 11) is -7.47. The lowest BCUT2D eigenvalue weighted by atomic mass is 9.91. The first-order chi connectivity index (χ1) is 30.2. The number of nitrogens with zero attached hydrogens (tertiary/aromatic N) is 5. The van der Waals surface area contributed by atoms with Gasteiger partial charge in [-0.2, -0.15) is 78.9 Å². The summed E-state index contributed by atoms with van der Waals surface area (Å²) in [6.07, 6.45) is -11.2. The minimum atomic E-state index is -8.95. The second-order valence-electron chi connectivity index (χ2n) is 15.0. The second-order valence-corrected chi connectivity index (χ2v) is 17.0. The van der Waals surface area contributed by atoms with Crippen LogP contribution in [-0.2, 0) is 29.2 Å². The van der Waals surface area contributed by atoms with E-state index in [0.29, 0.717) is 6.92 Å². The summed E-state index contributed by atoms with van der Waals surface area (Å²) in [6, 6.07) is 0. The van der Waals surface area contributed by atoms with Gasteiger partial charge in [-0.25, -0.2) is 8.42 Å². The van der Waals surface area contributed by atoms with Crippen molar-refractivity contribution >= 4 is 33.8 Å². The van der Waals surface area contributed by atoms with Crippen LogP contribution in [0.25, 0.3) is 0 Å². The monoisotopic (exact) mass is 1040 g/mol. The number of halogens is 17. The first-order valence-electron chi connectivity index (χ1n) is 19.4. The molecule has 0 aromatic carbocycles. The number of hydrogen-bond donors (Lipinski definition) is 5. The van der Waals surface area contributed by atoms with Gasteiger partial charge in [0, 0.05) is 85.0 Å². The molecule has 0 aromatic heterocycles. The number of β-amino-alcohol motifs (C(OH)–C–C–N with tert-alkyl or cyclic N) is 1. The Morgan fingerprint density at radius 2 is 0.896 bits per heavy atom. The van der Waals surface area contributed by atoms with Crippen molar-refractivity contribution in [3.63, 3.8) is 0 Å². The van der Waals surface area contributed by atoms with Crippen LogP contribution in [0.5, 0.6) is 0 Å². The molecule has 1 unspecified atom stereocenters. The van der Waals surface area contributed by atoms with Crippen molar-refractivity contribution < 1.29 is 123 Å². The maximum Gasteiger partial charge on any atom is 0.460 e. The number of amides is 1. The normalized spacial score (nSPS) is 18.0. The maximum absolute atomic E-state index is 14.7. The minimum Gasteiger partial charge on any atom is -0.480 e. The number of alkyl halides is 17. The predicted octanol–water partition coefficient (Wildman–Crippen LogP) is 3.12. The molecule has 1 amide bonds. The van der Waals surface area contributed by atoms with Gasteiger partial charge in [0.2, 0.25) is 5.91 Å². The zero-order valence-electron chi connectivity index (χ0n) is 34.8. The highest BCUT2D eigenvalue weighted by Gasteiger charge is 2.96. The lowest BCUT2D eigenvalue weighted by Crippen LogP contribution is -2.75. The molecule has 1 fully saturated rings. The van der Waals surface area contributed by atoms with Crippen molar-refractivity contribution in [2.24, 2.45) is 0 Å². The van der Waals surface area contributed by atoms with E-state index in [0.717, 1.165) is 0 Å². The van der Waals surface area contributed by atoms with E-state index < -0.39 is 150 Å². The van der Waals surface area contributed by atoms with Crippen LogP contribution in [0.4, 0.5) is 74.6 Å². The Morgan fingerprint density at radius 3 is 1.24 bits per heavy atom. The van der Waals surface area contributed by atoms with Crippen LogP contribution in [-0.4, -0.2) is 228 Å². The SMILES string of the molecule is CCN(CCCCCC(=O)NCC(O)CN1CCN(CC(=O)O)CCN(CC(=O)O)CCN(CC(=O)O)CC1)S(=O)(=O)C(F)(F)C(F)(F)C(F)(F)C(F)(F)C(F)(F)C(F)(F)C(F)(F)C(F)(F)F. The Hall–Kier alpha value is -3.60. The number of aliphatic hydroxyl groups is 1. The van der Waals surface area contributed by atoms with Crippen molar-refractivity contribution in [3.05, 3.63) is 0 Å². The van der Waals surface area contributed by atoms with Gasteiger partial charge in [0.15, 0.2) is 0 Å². The minimum absolute atomic E-state index is 0.0724. The molecule has 16 nitrogen and oxygen atoms in total. The van der Waals surface area contributed by atoms with Gasteiger partial charge in [-0.15, -0.1) is 0 Å². The Balaban J connectivity index is 2.99. The van der Waals surface area contributed by atoms with Crippen LogP contribution in [0.1, 0.15) is 32.6 Å². The fraction of sp³-hybridized carbons (Fsp3) is 0.879. The van der Waals surface area contributed by atoms with Crippen LogP contribution in [0, 0.1) is 0 Å². The third-order valence-electron chi connectivity index (χ3n) is 10.0. The third-order valence-corrected chi connectivity index (χ3v) is 12.1. The Kier molecular flexibility index (Phi) is 21.4. The molecule has 0 spiro atoms. The molecule has 1 heterocycles. The topological polar surface area (TPSA) is 212 Å². The first kappa shape index (κ1) is 61.4. The van der Waals surface area contributed by atoms with Crippen molar-refractivity contribution in [2.75, 3.05) is 98.2 Å². The Bertz CT molecular complexity index is 1750. The number of aliphatic carboxylic acids is 3. The van der Waals surface area contributed by atoms with Crippen LogP contribution < -0.4 is 5.32 Å². The first-order valence-corrected chi connectivity index (χ1v) is 20.8. The second kappa shape index (κ2) is 23.3. The summed E-state index contributed by atoms with van der Waals surface area (Å²) in [5.41, 5.74) is 0. The molecular formula is C33H47F17N6O10S. The quantitative estimate of drug-likeness (QED) is 0.0658. The van der Waals surface area contributed by atoms with E-state index >= 15 is 0 Å². The predicted molar refractivity (Wildman–Crippen MR) is 193 cm³/mol. The smallest absolute Gasteiger partial charge is 0.460 e. The molecule has 0 saturated carbocycles. The molecular weight excluding hydrogens is 995 g/mol. The van der Waals surface area contributed by atoms with Gasteiger partial charge in [0.25, 0.3) is 10.0 Å². The van der Waals surface area contributed by atoms with Crippen LogP contribution in [0.3, 0.4) is 0 Å². The van der Waals surface area contributed by atoms with E-state index in [1.807, 2.05) is 0 Å². The fourth-order valence-electron chi connectivity index (χ4n) is 6.16. The number of hydrogen-bond acceptors (Lipinski definition) is 11. The van der Waals surface area contributed by atoms with Crippen LogP contribution in [0.15, 0.2) is 0 Å². The van der Waals surface area contributed by atoms with Crippen LogP contribution >= 0.6 is 0 Å². The van der Waals surface area contributed by atoms with E-state index in [9.17, 15) is 123 Å². The van der Waals surface area contributed by atoms with E-state index in [1.54, 1.807) is 4.90 Å². The van der Waals surface area contributed by atoms with Gasteiger partial charge >= 0.3 is 64.9 Å². The number of carbonyl (C=O) groups excluding carboxylic acids is 1. The number of sulfonamides is 1. The molecule has 394 valence electrons. The molecule has 0 aliphatic carbocycles. The van der Waals surface area contributed by atoms with E-state index in [2.05, 4.69) is 5.32 Å². The summed E-state index contributed by atoms with van der Waals surface area (Å²) in [4.78, 5) is 52.8. The average molecular weight is 1040 g/mol. The highest BCUT2D eigenvalue weighted by Crippen LogP contribution is 2.64. The lowest BCUT2D eigenvalue weighted by Gasteiger charge is -2.43. The summed E-state index contributed by atoms with van der Waals surface area (Å²) >= 11 is 0. The van der Waals surface area contributed by atoms with Gasteiger partial charge in [-0.1, -0.05) is 13.3 Å². The zero-order chi connectivity index (χ0) is 52.4. The number of nitrogens with one attached hydrogen (secondary N) is 1. The molecule has 0 radical (unpaired) electrons. The fourth-order valence-corrected chi connectivity index (χ4v) is 7.65. The highest BCUT2D eigenvalue weighted by molar-refractivity contribution is 7.90. The maximum atomic E-state index is 14.7. The van der Waals surface area contributed by atoms with Gasteiger partial charge in [0.1, 0.15) is 0 Å². The molecule has 5 N–H and O–H groups in total. The molecule has 34 heteroatoms. The molecule has 67 heavy (non-hydrogen) atoms. The van der Waals surface area contributed by atoms with Gasteiger partial charge in [0.05, 0.1) is 25.7 Å². The molecule has 0 bridgehead atoms. The molecule has 1 aliphatic heterocycles. The summed E-state index contributed by atoms with van der Waals surface area (Å²) in [5.74, 6) is -56.7. The average Bonchev–Trinajstić information content (AvgIpc) is 3.17. The van der Waals surface area contributed by atoms with E-state index in [-0.39, 0.29) is 65.3 Å². The zero-order valence-corrected chi connectivity index (χ0v) is 35.6. The van der Waals surface area contributed by atoms with Crippen molar-refractivity contribution in [2.45, 2.75) is 85.7 Å².